The van der Waals surface area contributed by atoms with Gasteiger partial charge in [-0.3, -0.25) is 9.59 Å². The van der Waals surface area contributed by atoms with Crippen LogP contribution in [0.3, 0.4) is 0 Å². The van der Waals surface area contributed by atoms with E-state index in [4.69, 9.17) is 0 Å². The van der Waals surface area contributed by atoms with Gasteiger partial charge in [0, 0.05) is 31.2 Å². The van der Waals surface area contributed by atoms with Gasteiger partial charge in [-0.25, -0.2) is 14.6 Å². The van der Waals surface area contributed by atoms with Crippen molar-refractivity contribution in [1.29, 1.82) is 0 Å². The van der Waals surface area contributed by atoms with Gasteiger partial charge in [0.2, 0.25) is 5.91 Å². The monoisotopic (exact) mass is 285 g/mol. The minimum absolute atomic E-state index is 0.0714. The number of hydrogen-bond acceptors (Lipinski definition) is 5. The second-order valence-electron chi connectivity index (χ2n) is 5.02. The van der Waals surface area contributed by atoms with Crippen molar-refractivity contribution in [2.24, 2.45) is 5.92 Å². The quantitative estimate of drug-likeness (QED) is 0.919. The number of nitrogens with zero attached hydrogens (tertiary/aromatic N) is 4. The standard InChI is InChI=1S/C14H15N5O2/c20-12-4-2-10(3-5-12)13(21)18-11-8-15-14(16-9-11)19-7-1-6-17-19/h1,6-10H,2-5H2,(H,18,21). The highest BCUT2D eigenvalue weighted by molar-refractivity contribution is 5.93. The summed E-state index contributed by atoms with van der Waals surface area (Å²) in [6, 6.07) is 1.78. The lowest BCUT2D eigenvalue weighted by atomic mass is 9.88. The molecular weight excluding hydrogens is 270 g/mol. The molecule has 0 aromatic carbocycles. The third-order valence-electron chi connectivity index (χ3n) is 3.53. The Bertz CT molecular complexity index is 626. The number of hydrogen-bond donors (Lipinski definition) is 1. The van der Waals surface area contributed by atoms with Crippen molar-refractivity contribution in [2.45, 2.75) is 25.7 Å². The van der Waals surface area contributed by atoms with E-state index in [2.05, 4.69) is 20.4 Å². The largest absolute Gasteiger partial charge is 0.323 e. The first-order valence-electron chi connectivity index (χ1n) is 6.87. The van der Waals surface area contributed by atoms with E-state index in [-0.39, 0.29) is 17.6 Å². The average molecular weight is 285 g/mol. The van der Waals surface area contributed by atoms with Gasteiger partial charge in [-0.15, -0.1) is 0 Å². The van der Waals surface area contributed by atoms with E-state index in [0.29, 0.717) is 37.3 Å². The molecule has 1 aliphatic carbocycles. The van der Waals surface area contributed by atoms with Gasteiger partial charge in [-0.2, -0.15) is 5.10 Å². The maximum Gasteiger partial charge on any atom is 0.250 e. The highest BCUT2D eigenvalue weighted by Gasteiger charge is 2.24. The lowest BCUT2D eigenvalue weighted by Gasteiger charge is -2.19. The molecule has 1 amide bonds. The minimum atomic E-state index is -0.103. The number of amides is 1. The van der Waals surface area contributed by atoms with Crippen LogP contribution in [0.15, 0.2) is 30.9 Å². The zero-order valence-electron chi connectivity index (χ0n) is 11.4. The summed E-state index contributed by atoms with van der Waals surface area (Å²) in [5.41, 5.74) is 0.549. The Morgan fingerprint density at radius 3 is 2.57 bits per heavy atom. The summed E-state index contributed by atoms with van der Waals surface area (Å²) in [7, 11) is 0. The number of rotatable bonds is 3. The maximum absolute atomic E-state index is 12.1. The van der Waals surface area contributed by atoms with Gasteiger partial charge in [0.1, 0.15) is 5.78 Å². The van der Waals surface area contributed by atoms with Crippen LogP contribution < -0.4 is 5.32 Å². The number of nitrogens with one attached hydrogen (secondary N) is 1. The molecule has 0 radical (unpaired) electrons. The molecule has 1 fully saturated rings. The maximum atomic E-state index is 12.1. The third-order valence-corrected chi connectivity index (χ3v) is 3.53. The van der Waals surface area contributed by atoms with Crippen LogP contribution >= 0.6 is 0 Å². The number of ketones is 1. The zero-order valence-corrected chi connectivity index (χ0v) is 11.4. The molecule has 0 bridgehead atoms. The van der Waals surface area contributed by atoms with Crippen LogP contribution in [0.25, 0.3) is 5.95 Å². The molecule has 108 valence electrons. The highest BCUT2D eigenvalue weighted by Crippen LogP contribution is 2.22. The molecule has 1 saturated carbocycles. The lowest BCUT2D eigenvalue weighted by molar-refractivity contribution is -0.125. The SMILES string of the molecule is O=C1CCC(C(=O)Nc2cnc(-n3cccn3)nc2)CC1. The van der Waals surface area contributed by atoms with Crippen molar-refractivity contribution in [3.05, 3.63) is 30.9 Å². The Kier molecular flexibility index (Phi) is 3.72. The number of Topliss-reactive ketones (excluding diaryl/α,β-unsaturated/α-hetero) is 1. The lowest BCUT2D eigenvalue weighted by Crippen LogP contribution is -2.27. The predicted octanol–water partition coefficient (Wildman–Crippen LogP) is 1.36. The Morgan fingerprint density at radius 1 is 1.24 bits per heavy atom. The normalized spacial score (nSPS) is 15.9. The first-order chi connectivity index (χ1) is 10.2. The van der Waals surface area contributed by atoms with Crippen molar-refractivity contribution in [1.82, 2.24) is 19.7 Å². The van der Waals surface area contributed by atoms with Crippen LogP contribution in [0.1, 0.15) is 25.7 Å². The van der Waals surface area contributed by atoms with Crippen LogP contribution in [-0.4, -0.2) is 31.4 Å². The van der Waals surface area contributed by atoms with Crippen LogP contribution in [0.2, 0.25) is 0 Å². The molecule has 0 atom stereocenters. The Morgan fingerprint density at radius 2 is 1.95 bits per heavy atom. The highest BCUT2D eigenvalue weighted by atomic mass is 16.2. The van der Waals surface area contributed by atoms with E-state index in [1.807, 2.05) is 0 Å². The summed E-state index contributed by atoms with van der Waals surface area (Å²) in [6.07, 6.45) is 8.72. The van der Waals surface area contributed by atoms with Gasteiger partial charge in [0.05, 0.1) is 18.1 Å². The Balaban J connectivity index is 1.62. The summed E-state index contributed by atoms with van der Waals surface area (Å²) in [5.74, 6) is 0.513. The molecule has 2 heterocycles. The van der Waals surface area contributed by atoms with E-state index in [1.54, 1.807) is 35.5 Å². The van der Waals surface area contributed by atoms with E-state index >= 15 is 0 Å². The van der Waals surface area contributed by atoms with E-state index in [1.165, 1.54) is 0 Å². The predicted molar refractivity (Wildman–Crippen MR) is 74.7 cm³/mol. The van der Waals surface area contributed by atoms with Crippen molar-refractivity contribution in [3.63, 3.8) is 0 Å². The number of carbonyl (C=O) groups is 2. The van der Waals surface area contributed by atoms with Gasteiger partial charge in [-0.1, -0.05) is 0 Å². The molecule has 0 aliphatic heterocycles. The third kappa shape index (κ3) is 3.13. The molecule has 7 heteroatoms. The molecule has 0 unspecified atom stereocenters. The Hall–Kier alpha value is -2.57. The molecular formula is C14H15N5O2. The fraction of sp³-hybridized carbons (Fsp3) is 0.357. The fourth-order valence-electron chi connectivity index (χ4n) is 2.34. The van der Waals surface area contributed by atoms with Crippen molar-refractivity contribution in [3.8, 4) is 5.95 Å². The van der Waals surface area contributed by atoms with Crippen LogP contribution in [0, 0.1) is 5.92 Å². The van der Waals surface area contributed by atoms with Crippen molar-refractivity contribution in [2.75, 3.05) is 5.32 Å². The van der Waals surface area contributed by atoms with E-state index in [0.717, 1.165) is 0 Å². The van der Waals surface area contributed by atoms with Crippen LogP contribution in [0.4, 0.5) is 5.69 Å². The first-order valence-corrected chi connectivity index (χ1v) is 6.87. The zero-order chi connectivity index (χ0) is 14.7. The first kappa shape index (κ1) is 13.4. The second kappa shape index (κ2) is 5.82. The molecule has 1 aliphatic rings. The summed E-state index contributed by atoms with van der Waals surface area (Å²) in [4.78, 5) is 31.6. The molecule has 7 nitrogen and oxygen atoms in total. The minimum Gasteiger partial charge on any atom is -0.323 e. The molecule has 21 heavy (non-hydrogen) atoms. The van der Waals surface area contributed by atoms with Crippen molar-refractivity contribution < 1.29 is 9.59 Å². The smallest absolute Gasteiger partial charge is 0.250 e. The van der Waals surface area contributed by atoms with Gasteiger partial charge < -0.3 is 5.32 Å². The average Bonchev–Trinajstić information content (AvgIpc) is 3.03. The van der Waals surface area contributed by atoms with Crippen molar-refractivity contribution >= 4 is 17.4 Å². The van der Waals surface area contributed by atoms with Crippen LogP contribution in [0.5, 0.6) is 0 Å². The van der Waals surface area contributed by atoms with Gasteiger partial charge >= 0.3 is 0 Å². The fourth-order valence-corrected chi connectivity index (χ4v) is 2.34. The summed E-state index contributed by atoms with van der Waals surface area (Å²) in [5, 5.41) is 6.82. The van der Waals surface area contributed by atoms with E-state index in [9.17, 15) is 9.59 Å². The summed E-state index contributed by atoms with van der Waals surface area (Å²) >= 11 is 0. The van der Waals surface area contributed by atoms with Gasteiger partial charge in [-0.05, 0) is 18.9 Å². The molecule has 0 spiro atoms. The molecule has 2 aromatic rings. The summed E-state index contributed by atoms with van der Waals surface area (Å²) in [6.45, 7) is 0. The molecule has 3 rings (SSSR count). The second-order valence-corrected chi connectivity index (χ2v) is 5.02. The summed E-state index contributed by atoms with van der Waals surface area (Å²) < 4.78 is 1.54. The molecule has 2 aromatic heterocycles. The topological polar surface area (TPSA) is 89.8 Å². The number of anilines is 1. The van der Waals surface area contributed by atoms with E-state index < -0.39 is 0 Å². The number of carbonyl (C=O) groups excluding carboxylic acids is 2. The van der Waals surface area contributed by atoms with Gasteiger partial charge in [0.25, 0.3) is 5.95 Å². The molecule has 1 N–H and O–H groups in total. The van der Waals surface area contributed by atoms with Crippen LogP contribution in [-0.2, 0) is 9.59 Å². The Labute approximate surface area is 121 Å². The number of aromatic nitrogens is 4. The molecule has 0 saturated heterocycles. The van der Waals surface area contributed by atoms with Gasteiger partial charge in [0.15, 0.2) is 0 Å².